The van der Waals surface area contributed by atoms with Crippen molar-refractivity contribution in [2.45, 2.75) is 322 Å². The summed E-state index contributed by atoms with van der Waals surface area (Å²) in [5, 5.41) is 9.71. The monoisotopic (exact) mass is 1080 g/mol. The van der Waals surface area contributed by atoms with Crippen molar-refractivity contribution in [2.24, 2.45) is 0 Å². The van der Waals surface area contributed by atoms with Gasteiger partial charge in [0.25, 0.3) is 6.29 Å². The Kier molecular flexibility index (Phi) is 57.3. The molecule has 0 aromatic rings. The van der Waals surface area contributed by atoms with Gasteiger partial charge in [0, 0.05) is 12.8 Å². The van der Waals surface area contributed by atoms with Crippen LogP contribution < -0.4 is 0 Å². The molecule has 0 amide bonds. The highest BCUT2D eigenvalue weighted by Gasteiger charge is 2.25. The van der Waals surface area contributed by atoms with E-state index in [0.717, 1.165) is 70.6 Å². The number of hydrogen-bond acceptors (Lipinski definition) is 7. The summed E-state index contributed by atoms with van der Waals surface area (Å²) in [7, 11) is 5.97. The summed E-state index contributed by atoms with van der Waals surface area (Å²) in [5.74, 6) is -2.01. The molecule has 0 aliphatic heterocycles. The van der Waals surface area contributed by atoms with Crippen molar-refractivity contribution in [3.8, 4) is 0 Å². The lowest BCUT2D eigenvalue weighted by Crippen LogP contribution is -2.40. The minimum atomic E-state index is -1.51. The fourth-order valence-electron chi connectivity index (χ4n) is 9.49. The van der Waals surface area contributed by atoms with Crippen LogP contribution in [0.25, 0.3) is 0 Å². The average molecular weight is 1090 g/mol. The minimum Gasteiger partial charge on any atom is -0.477 e. The van der Waals surface area contributed by atoms with Crippen LogP contribution in [0.3, 0.4) is 0 Å². The second-order valence-electron chi connectivity index (χ2n) is 23.4. The van der Waals surface area contributed by atoms with Crippen molar-refractivity contribution in [3.63, 3.8) is 0 Å². The summed E-state index contributed by atoms with van der Waals surface area (Å²) in [6.07, 6.45) is 72.3. The highest BCUT2D eigenvalue weighted by atomic mass is 16.7. The van der Waals surface area contributed by atoms with Gasteiger partial charge in [0.1, 0.15) is 13.2 Å². The summed E-state index contributed by atoms with van der Waals surface area (Å²) >= 11 is 0. The van der Waals surface area contributed by atoms with Gasteiger partial charge in [-0.1, -0.05) is 268 Å². The minimum absolute atomic E-state index is 0.186. The normalized spacial score (nSPS) is 13.0. The number of allylic oxidation sites excluding steroid dienone is 8. The van der Waals surface area contributed by atoms with Crippen molar-refractivity contribution < 1.29 is 42.9 Å². The van der Waals surface area contributed by atoms with Crippen LogP contribution in [0, 0.1) is 0 Å². The molecule has 0 heterocycles. The van der Waals surface area contributed by atoms with E-state index in [2.05, 4.69) is 62.5 Å². The summed E-state index contributed by atoms with van der Waals surface area (Å²) in [5.41, 5.74) is 0. The molecule has 0 rings (SSSR count). The number of carbonyl (C=O) groups is 3. The summed E-state index contributed by atoms with van der Waals surface area (Å²) in [4.78, 5) is 37.4. The van der Waals surface area contributed by atoms with Gasteiger partial charge < -0.3 is 28.5 Å². The molecule has 0 saturated carbocycles. The molecule has 0 aliphatic rings. The molecule has 2 unspecified atom stereocenters. The number of carbonyl (C=O) groups excluding carboxylic acids is 2. The van der Waals surface area contributed by atoms with E-state index >= 15 is 0 Å². The van der Waals surface area contributed by atoms with Crippen LogP contribution in [0.1, 0.15) is 309 Å². The molecule has 0 saturated heterocycles. The molecule has 0 aromatic heterocycles. The SMILES string of the molecule is CCCCC/C=C\C/C=C\CCCCCCCC(=O)OCC(COC(OCC[N+](C)(C)C)C(=O)O)OC(=O)CCCCCCCCCCCCCCCCCCCCCCCCCCC/C=C\C/C=C\CCCCCCC. The van der Waals surface area contributed by atoms with Crippen molar-refractivity contribution >= 4 is 17.9 Å². The molecule has 0 spiro atoms. The number of quaternary nitrogens is 1. The number of likely N-dealkylation sites (N-methyl/N-ethyl adjacent to an activating group) is 1. The van der Waals surface area contributed by atoms with Gasteiger partial charge in [-0.3, -0.25) is 9.59 Å². The van der Waals surface area contributed by atoms with E-state index in [0.29, 0.717) is 11.0 Å². The first-order chi connectivity index (χ1) is 37.6. The second-order valence-corrected chi connectivity index (χ2v) is 23.4. The number of nitrogens with zero attached hydrogens (tertiary/aromatic N) is 1. The molecule has 2 atom stereocenters. The highest BCUT2D eigenvalue weighted by Crippen LogP contribution is 2.18. The molecular weight excluding hydrogens is 959 g/mol. The third kappa shape index (κ3) is 60.7. The van der Waals surface area contributed by atoms with Gasteiger partial charge in [-0.25, -0.2) is 4.79 Å². The van der Waals surface area contributed by atoms with Crippen molar-refractivity contribution in [1.29, 1.82) is 0 Å². The molecule has 450 valence electrons. The number of aliphatic carboxylic acids is 1. The van der Waals surface area contributed by atoms with Crippen LogP contribution in [0.15, 0.2) is 48.6 Å². The van der Waals surface area contributed by atoms with E-state index in [1.54, 1.807) is 0 Å². The molecular formula is C68H126NO8+. The largest absolute Gasteiger partial charge is 0.477 e. The maximum Gasteiger partial charge on any atom is 0.361 e. The fraction of sp³-hybridized carbons (Fsp3) is 0.838. The van der Waals surface area contributed by atoms with Gasteiger partial charge in [0.2, 0.25) is 0 Å². The van der Waals surface area contributed by atoms with E-state index in [1.807, 2.05) is 21.1 Å². The standard InChI is InChI=1S/C68H125NO8/c1-6-8-10-12-14-16-18-20-22-23-24-25-26-27-28-29-30-31-32-33-34-35-36-37-38-39-40-41-42-43-45-47-49-51-53-55-57-59-66(71)77-64(63-76-68(67(72)73)74-61-60-69(3,4)5)62-75-65(70)58-56-54-52-50-48-46-44-21-19-17-15-13-11-9-7-2/h15,17-18,20-21,23-24,44,64,68H,6-14,16,19,22,25-43,45-63H2,1-5H3/p+1/b17-15-,20-18-,24-23-,44-21-. The second kappa shape index (κ2) is 59.4. The van der Waals surface area contributed by atoms with Crippen LogP contribution in [0.5, 0.6) is 0 Å². The molecule has 0 bridgehead atoms. The van der Waals surface area contributed by atoms with E-state index in [-0.39, 0.29) is 38.6 Å². The van der Waals surface area contributed by atoms with Crippen LogP contribution in [-0.2, 0) is 33.3 Å². The molecule has 0 aromatic carbocycles. The molecule has 0 radical (unpaired) electrons. The molecule has 0 aliphatic carbocycles. The van der Waals surface area contributed by atoms with Crippen molar-refractivity contribution in [3.05, 3.63) is 48.6 Å². The fourth-order valence-corrected chi connectivity index (χ4v) is 9.49. The predicted molar refractivity (Wildman–Crippen MR) is 327 cm³/mol. The Hall–Kier alpha value is -2.75. The Morgan fingerprint density at radius 3 is 1.05 bits per heavy atom. The van der Waals surface area contributed by atoms with Crippen LogP contribution in [-0.4, -0.2) is 87.4 Å². The van der Waals surface area contributed by atoms with Gasteiger partial charge in [0.15, 0.2) is 6.10 Å². The first-order valence-electron chi connectivity index (χ1n) is 32.8. The topological polar surface area (TPSA) is 108 Å². The van der Waals surface area contributed by atoms with Crippen molar-refractivity contribution in [2.75, 3.05) is 47.5 Å². The average Bonchev–Trinajstić information content (AvgIpc) is 3.40. The lowest BCUT2D eigenvalue weighted by atomic mass is 10.0. The van der Waals surface area contributed by atoms with E-state index in [4.69, 9.17) is 18.9 Å². The van der Waals surface area contributed by atoms with Gasteiger partial charge in [-0.05, 0) is 77.0 Å². The molecule has 9 heteroatoms. The highest BCUT2D eigenvalue weighted by molar-refractivity contribution is 5.71. The van der Waals surface area contributed by atoms with Crippen LogP contribution in [0.2, 0.25) is 0 Å². The van der Waals surface area contributed by atoms with Crippen LogP contribution >= 0.6 is 0 Å². The maximum atomic E-state index is 12.9. The first-order valence-corrected chi connectivity index (χ1v) is 32.8. The smallest absolute Gasteiger partial charge is 0.361 e. The van der Waals surface area contributed by atoms with Gasteiger partial charge >= 0.3 is 17.9 Å². The quantitative estimate of drug-likeness (QED) is 0.0211. The Bertz CT molecular complexity index is 1400. The first kappa shape index (κ1) is 74.2. The maximum absolute atomic E-state index is 12.9. The van der Waals surface area contributed by atoms with Gasteiger partial charge in [-0.2, -0.15) is 0 Å². The van der Waals surface area contributed by atoms with E-state index in [9.17, 15) is 19.5 Å². The Morgan fingerprint density at radius 1 is 0.390 bits per heavy atom. The third-order valence-electron chi connectivity index (χ3n) is 14.6. The lowest BCUT2D eigenvalue weighted by Gasteiger charge is -2.25. The zero-order valence-corrected chi connectivity index (χ0v) is 51.4. The number of carboxylic acid groups (broad SMARTS) is 1. The Morgan fingerprint density at radius 2 is 0.701 bits per heavy atom. The summed E-state index contributed by atoms with van der Waals surface area (Å²) < 4.78 is 22.9. The predicted octanol–water partition coefficient (Wildman–Crippen LogP) is 19.8. The number of ether oxygens (including phenoxy) is 4. The molecule has 1 N–H and O–H groups in total. The third-order valence-corrected chi connectivity index (χ3v) is 14.6. The Labute approximate surface area is 476 Å². The van der Waals surface area contributed by atoms with Gasteiger partial charge in [0.05, 0.1) is 34.4 Å². The summed E-state index contributed by atoms with van der Waals surface area (Å²) in [6, 6.07) is 0. The number of rotatable bonds is 61. The number of unbranched alkanes of at least 4 members (excludes halogenated alkanes) is 38. The van der Waals surface area contributed by atoms with Crippen molar-refractivity contribution in [1.82, 2.24) is 0 Å². The van der Waals surface area contributed by atoms with E-state index < -0.39 is 24.3 Å². The molecule has 0 fully saturated rings. The zero-order chi connectivity index (χ0) is 56.2. The Balaban J connectivity index is 3.98. The number of esters is 2. The van der Waals surface area contributed by atoms with E-state index in [1.165, 1.54) is 212 Å². The lowest BCUT2D eigenvalue weighted by molar-refractivity contribution is -0.870. The van der Waals surface area contributed by atoms with Crippen LogP contribution in [0.4, 0.5) is 0 Å². The molecule has 77 heavy (non-hydrogen) atoms. The summed E-state index contributed by atoms with van der Waals surface area (Å²) in [6.45, 7) is 4.86. The van der Waals surface area contributed by atoms with Gasteiger partial charge in [-0.15, -0.1) is 0 Å². The number of hydrogen-bond donors (Lipinski definition) is 1. The zero-order valence-electron chi connectivity index (χ0n) is 51.4. The molecule has 9 nitrogen and oxygen atoms in total. The number of carboxylic acids is 1.